The maximum Gasteiger partial charge on any atom is 0.342 e. The van der Waals surface area contributed by atoms with Crippen molar-refractivity contribution in [2.45, 2.75) is 174 Å². The van der Waals surface area contributed by atoms with Crippen LogP contribution in [-0.2, 0) is 28.6 Å². The van der Waals surface area contributed by atoms with Crippen molar-refractivity contribution in [1.82, 2.24) is 13.7 Å². The first kappa shape index (κ1) is 46.9. The van der Waals surface area contributed by atoms with Crippen molar-refractivity contribution in [2.75, 3.05) is 17.3 Å². The number of esters is 3. The van der Waals surface area contributed by atoms with Gasteiger partial charge in [0.05, 0.1) is 15.7 Å². The monoisotopic (exact) mass is 777 g/mol. The van der Waals surface area contributed by atoms with Gasteiger partial charge in [-0.2, -0.15) is 0 Å². The Morgan fingerprint density at radius 3 is 0.902 bits per heavy atom. The summed E-state index contributed by atoms with van der Waals surface area (Å²) in [6, 6.07) is 0. The Morgan fingerprint density at radius 2 is 0.686 bits per heavy atom. The number of hydrogen-bond acceptors (Lipinski definition) is 12. The zero-order chi connectivity index (χ0) is 38.5. The molecule has 12 nitrogen and oxygen atoms in total. The third-order valence-corrected chi connectivity index (χ3v) is 11.9. The molecule has 1 aromatic heterocycles. The second kappa shape index (κ2) is 25.8. The SMILES string of the molecule is CCCCCCSC(C)C(=O)OC(C)n1c(=O)n(C(C)OC(=O)C(C)SCCCCCC)c(=O)n(C(C)OC(=O)C(C)SCCCCCC)c1=O. The van der Waals surface area contributed by atoms with Crippen LogP contribution in [0.1, 0.15) is 158 Å². The number of hydrogen-bond donors (Lipinski definition) is 0. The summed E-state index contributed by atoms with van der Waals surface area (Å²) in [4.78, 5) is 80.6. The summed E-state index contributed by atoms with van der Waals surface area (Å²) in [5, 5.41) is -1.71. The van der Waals surface area contributed by atoms with Crippen LogP contribution in [0.2, 0.25) is 0 Å². The normalized spacial score (nSPS) is 15.0. The van der Waals surface area contributed by atoms with Gasteiger partial charge in [0.15, 0.2) is 18.7 Å². The molecule has 0 aromatic carbocycles. The molecule has 51 heavy (non-hydrogen) atoms. The molecule has 1 rings (SSSR count). The fourth-order valence-corrected chi connectivity index (χ4v) is 7.80. The summed E-state index contributed by atoms with van der Waals surface area (Å²) >= 11 is 4.25. The molecule has 0 aliphatic carbocycles. The van der Waals surface area contributed by atoms with E-state index in [9.17, 15) is 28.8 Å². The molecule has 1 aromatic rings. The average Bonchev–Trinajstić information content (AvgIpc) is 3.07. The van der Waals surface area contributed by atoms with E-state index in [1.165, 1.54) is 56.1 Å². The van der Waals surface area contributed by atoms with E-state index in [1.54, 1.807) is 20.8 Å². The second-order valence-electron chi connectivity index (χ2n) is 12.8. The molecule has 0 saturated carbocycles. The molecule has 0 saturated heterocycles. The topological polar surface area (TPSA) is 145 Å². The van der Waals surface area contributed by atoms with Crippen LogP contribution in [0.25, 0.3) is 0 Å². The van der Waals surface area contributed by atoms with Gasteiger partial charge in [0.1, 0.15) is 0 Å². The number of ether oxygens (including phenoxy) is 3. The fourth-order valence-electron chi connectivity index (χ4n) is 5.05. The summed E-state index contributed by atoms with van der Waals surface area (Å²) in [5.74, 6) is 0.350. The summed E-state index contributed by atoms with van der Waals surface area (Å²) in [6.07, 6.45) is 8.31. The van der Waals surface area contributed by atoms with E-state index in [2.05, 4.69) is 20.8 Å². The van der Waals surface area contributed by atoms with E-state index >= 15 is 0 Å². The summed E-state index contributed by atoms with van der Waals surface area (Å²) in [5.41, 5.74) is -3.39. The van der Waals surface area contributed by atoms with E-state index in [1.807, 2.05) is 0 Å². The molecule has 0 N–H and O–H groups in total. The van der Waals surface area contributed by atoms with E-state index in [-0.39, 0.29) is 0 Å². The first-order valence-corrected chi connectivity index (χ1v) is 21.8. The Bertz CT molecular complexity index is 1190. The Balaban J connectivity index is 3.40. The molecular formula is C36H63N3O9S3. The summed E-state index contributed by atoms with van der Waals surface area (Å²) < 4.78 is 18.6. The molecule has 15 heteroatoms. The molecule has 0 aliphatic rings. The number of rotatable bonds is 27. The molecule has 0 amide bonds. The lowest BCUT2D eigenvalue weighted by molar-refractivity contribution is -0.153. The van der Waals surface area contributed by atoms with Gasteiger partial charge >= 0.3 is 35.0 Å². The molecule has 0 fully saturated rings. The van der Waals surface area contributed by atoms with Gasteiger partial charge < -0.3 is 14.2 Å². The number of unbranched alkanes of at least 4 members (excludes halogenated alkanes) is 9. The van der Waals surface area contributed by atoms with Crippen LogP contribution in [0.4, 0.5) is 0 Å². The predicted octanol–water partition coefficient (Wildman–Crippen LogP) is 7.46. The maximum atomic E-state index is 13.8. The van der Waals surface area contributed by atoms with E-state index in [0.717, 1.165) is 94.3 Å². The summed E-state index contributed by atoms with van der Waals surface area (Å²) in [7, 11) is 0. The number of aromatic nitrogens is 3. The molecule has 0 radical (unpaired) electrons. The Morgan fingerprint density at radius 1 is 0.451 bits per heavy atom. The zero-order valence-electron chi connectivity index (χ0n) is 32.3. The molecule has 294 valence electrons. The number of carbonyl (C=O) groups excluding carboxylic acids is 3. The zero-order valence-corrected chi connectivity index (χ0v) is 34.8. The van der Waals surface area contributed by atoms with Crippen molar-refractivity contribution in [3.8, 4) is 0 Å². The molecule has 6 unspecified atom stereocenters. The Labute approximate surface area is 316 Å². The van der Waals surface area contributed by atoms with E-state index in [4.69, 9.17) is 14.2 Å². The van der Waals surface area contributed by atoms with Crippen LogP contribution in [0.3, 0.4) is 0 Å². The third-order valence-electron chi connectivity index (χ3n) is 8.28. The minimum atomic E-state index is -1.43. The van der Waals surface area contributed by atoms with Gasteiger partial charge in [0, 0.05) is 0 Å². The number of carbonyl (C=O) groups is 3. The lowest BCUT2D eigenvalue weighted by Gasteiger charge is -2.25. The smallest absolute Gasteiger partial charge is 0.342 e. The minimum absolute atomic E-state index is 0.570. The molecule has 6 atom stereocenters. The standard InChI is InChI=1S/C36H63N3O9S3/c1-10-13-16-19-22-49-25(4)31(40)46-28(7)37-34(43)38(29(8)47-32(41)26(5)50-23-20-17-14-11-2)36(45)39(35(37)44)30(9)48-33(42)27(6)51-24-21-18-15-12-3/h25-30H,10-24H2,1-9H3. The van der Waals surface area contributed by atoms with E-state index in [0.29, 0.717) is 13.7 Å². The van der Waals surface area contributed by atoms with Crippen molar-refractivity contribution in [3.63, 3.8) is 0 Å². The van der Waals surface area contributed by atoms with Crippen LogP contribution in [0, 0.1) is 0 Å². The first-order chi connectivity index (χ1) is 24.2. The fraction of sp³-hybridized carbons (Fsp3) is 0.833. The summed E-state index contributed by atoms with van der Waals surface area (Å²) in [6.45, 7) is 15.5. The Kier molecular flexibility index (Phi) is 23.7. The van der Waals surface area contributed by atoms with Crippen LogP contribution in [0.15, 0.2) is 14.4 Å². The van der Waals surface area contributed by atoms with Crippen LogP contribution < -0.4 is 17.1 Å². The highest BCUT2D eigenvalue weighted by Crippen LogP contribution is 2.20. The molecule has 0 aliphatic heterocycles. The van der Waals surface area contributed by atoms with Crippen molar-refractivity contribution >= 4 is 53.2 Å². The van der Waals surface area contributed by atoms with Gasteiger partial charge in [-0.3, -0.25) is 14.4 Å². The molecular weight excluding hydrogens is 715 g/mol. The highest BCUT2D eigenvalue weighted by atomic mass is 32.2. The van der Waals surface area contributed by atoms with Gasteiger partial charge in [-0.05, 0) is 78.1 Å². The Hall–Kier alpha value is -2.13. The number of thioether (sulfide) groups is 3. The average molecular weight is 778 g/mol. The van der Waals surface area contributed by atoms with Crippen molar-refractivity contribution in [1.29, 1.82) is 0 Å². The van der Waals surface area contributed by atoms with E-state index < -0.39 is 69.4 Å². The van der Waals surface area contributed by atoms with Gasteiger partial charge in [-0.1, -0.05) is 78.6 Å². The van der Waals surface area contributed by atoms with Crippen molar-refractivity contribution < 1.29 is 28.6 Å². The first-order valence-electron chi connectivity index (χ1n) is 18.7. The van der Waals surface area contributed by atoms with Crippen LogP contribution >= 0.6 is 35.3 Å². The van der Waals surface area contributed by atoms with Gasteiger partial charge in [0.25, 0.3) is 0 Å². The lowest BCUT2D eigenvalue weighted by atomic mass is 10.2. The minimum Gasteiger partial charge on any atom is -0.440 e. The van der Waals surface area contributed by atoms with Crippen molar-refractivity contribution in [3.05, 3.63) is 31.5 Å². The molecule has 0 bridgehead atoms. The van der Waals surface area contributed by atoms with Gasteiger partial charge in [-0.25, -0.2) is 28.1 Å². The second-order valence-corrected chi connectivity index (χ2v) is 17.1. The lowest BCUT2D eigenvalue weighted by Crippen LogP contribution is -2.57. The quantitative estimate of drug-likeness (QED) is 0.0497. The molecule has 1 heterocycles. The molecule has 0 spiro atoms. The predicted molar refractivity (Wildman–Crippen MR) is 210 cm³/mol. The number of nitrogens with zero attached hydrogens (tertiary/aromatic N) is 3. The van der Waals surface area contributed by atoms with Crippen LogP contribution in [-0.4, -0.2) is 64.6 Å². The van der Waals surface area contributed by atoms with Crippen LogP contribution in [0.5, 0.6) is 0 Å². The maximum absolute atomic E-state index is 13.8. The largest absolute Gasteiger partial charge is 0.440 e. The van der Waals surface area contributed by atoms with Gasteiger partial charge in [-0.15, -0.1) is 35.3 Å². The van der Waals surface area contributed by atoms with Gasteiger partial charge in [0.2, 0.25) is 0 Å². The van der Waals surface area contributed by atoms with Crippen molar-refractivity contribution in [2.24, 2.45) is 0 Å². The highest BCUT2D eigenvalue weighted by molar-refractivity contribution is 8.01. The third kappa shape index (κ3) is 16.2. The highest BCUT2D eigenvalue weighted by Gasteiger charge is 2.31.